The molecular weight excluding hydrogens is 331 g/mol. The predicted octanol–water partition coefficient (Wildman–Crippen LogP) is 4.67. The first-order valence-corrected chi connectivity index (χ1v) is 8.68. The molecule has 2 rings (SSSR count). The fourth-order valence-corrected chi connectivity index (χ4v) is 2.51. The van der Waals surface area contributed by atoms with Gasteiger partial charge in [-0.2, -0.15) is 0 Å². The van der Waals surface area contributed by atoms with Crippen LogP contribution in [0.15, 0.2) is 54.6 Å². The van der Waals surface area contributed by atoms with Gasteiger partial charge in [-0.05, 0) is 35.6 Å². The molecule has 2 aromatic rings. The minimum absolute atomic E-state index is 0.164. The highest BCUT2D eigenvalue weighted by molar-refractivity contribution is 5.72. The fourth-order valence-electron chi connectivity index (χ4n) is 2.51. The Morgan fingerprint density at radius 1 is 1.19 bits per heavy atom. The average molecular weight is 356 g/mol. The van der Waals surface area contributed by atoms with E-state index in [1.807, 2.05) is 44.2 Å². The van der Waals surface area contributed by atoms with Gasteiger partial charge in [0.2, 0.25) is 0 Å². The van der Waals surface area contributed by atoms with Crippen molar-refractivity contribution in [3.8, 4) is 0 Å². The maximum Gasteiger partial charge on any atom is 0.309 e. The zero-order valence-electron chi connectivity index (χ0n) is 15.4. The van der Waals surface area contributed by atoms with Crippen LogP contribution in [0, 0.1) is 18.7 Å². The van der Waals surface area contributed by atoms with Crippen LogP contribution < -0.4 is 0 Å². The molecule has 0 aliphatic carbocycles. The fraction of sp³-hybridized carbons (Fsp3) is 0.318. The first-order chi connectivity index (χ1) is 12.3. The van der Waals surface area contributed by atoms with Crippen LogP contribution >= 0.6 is 0 Å². The number of ether oxygens (including phenoxy) is 1. The number of hydrogen-bond acceptors (Lipinski definition) is 3. The Bertz CT molecular complexity index is 768. The Morgan fingerprint density at radius 2 is 1.88 bits per heavy atom. The van der Waals surface area contributed by atoms with Crippen LogP contribution in [-0.2, 0) is 16.1 Å². The molecule has 0 aliphatic rings. The van der Waals surface area contributed by atoms with Gasteiger partial charge in [-0.25, -0.2) is 4.39 Å². The van der Waals surface area contributed by atoms with E-state index in [1.165, 1.54) is 6.07 Å². The van der Waals surface area contributed by atoms with Crippen molar-refractivity contribution in [3.63, 3.8) is 0 Å². The zero-order chi connectivity index (χ0) is 19.2. The molecule has 0 aliphatic heterocycles. The number of halogens is 1. The van der Waals surface area contributed by atoms with E-state index >= 15 is 0 Å². The molecule has 138 valence electrons. The van der Waals surface area contributed by atoms with Crippen LogP contribution in [0.3, 0.4) is 0 Å². The van der Waals surface area contributed by atoms with Gasteiger partial charge in [0.1, 0.15) is 12.4 Å². The molecule has 0 saturated heterocycles. The summed E-state index contributed by atoms with van der Waals surface area (Å²) in [7, 11) is 0. The Labute approximate surface area is 154 Å². The molecule has 0 bridgehead atoms. The number of rotatable bonds is 7. The van der Waals surface area contributed by atoms with E-state index in [-0.39, 0.29) is 24.8 Å². The molecule has 0 saturated carbocycles. The second kappa shape index (κ2) is 8.77. The first-order valence-electron chi connectivity index (χ1n) is 8.68. The summed E-state index contributed by atoms with van der Waals surface area (Å²) in [4.78, 5) is 12.2. The Hall–Kier alpha value is -2.46. The van der Waals surface area contributed by atoms with Crippen molar-refractivity contribution < 1.29 is 19.0 Å². The largest absolute Gasteiger partial charge is 0.461 e. The van der Waals surface area contributed by atoms with Crippen LogP contribution in [0.4, 0.5) is 4.39 Å². The summed E-state index contributed by atoms with van der Waals surface area (Å²) >= 11 is 0. The summed E-state index contributed by atoms with van der Waals surface area (Å²) in [6.07, 6.45) is 3.05. The highest BCUT2D eigenvalue weighted by Crippen LogP contribution is 2.26. The molecule has 0 aromatic heterocycles. The molecule has 3 nitrogen and oxygen atoms in total. The number of esters is 1. The maximum atomic E-state index is 13.7. The third kappa shape index (κ3) is 5.27. The van der Waals surface area contributed by atoms with E-state index in [0.29, 0.717) is 11.1 Å². The van der Waals surface area contributed by atoms with Gasteiger partial charge in [0.15, 0.2) is 0 Å². The highest BCUT2D eigenvalue weighted by Gasteiger charge is 2.31. The van der Waals surface area contributed by atoms with Crippen molar-refractivity contribution in [1.29, 1.82) is 0 Å². The lowest BCUT2D eigenvalue weighted by Gasteiger charge is -2.28. The van der Waals surface area contributed by atoms with Gasteiger partial charge >= 0.3 is 5.97 Å². The van der Waals surface area contributed by atoms with Crippen LogP contribution in [0.25, 0.3) is 6.08 Å². The summed E-state index contributed by atoms with van der Waals surface area (Å²) in [6.45, 7) is 5.50. The number of aliphatic hydroxyl groups is 1. The van der Waals surface area contributed by atoms with Gasteiger partial charge < -0.3 is 9.84 Å². The van der Waals surface area contributed by atoms with Gasteiger partial charge in [-0.3, -0.25) is 4.79 Å². The summed E-state index contributed by atoms with van der Waals surface area (Å²) in [6, 6.07) is 14.1. The number of carbonyl (C=O) groups is 1. The Balaban J connectivity index is 2.07. The summed E-state index contributed by atoms with van der Waals surface area (Å²) in [5.74, 6) is -0.995. The minimum atomic E-state index is -1.37. The van der Waals surface area contributed by atoms with Crippen LogP contribution in [0.5, 0.6) is 0 Å². The molecule has 2 aromatic carbocycles. The molecule has 0 heterocycles. The van der Waals surface area contributed by atoms with E-state index in [4.69, 9.17) is 4.74 Å². The number of benzene rings is 2. The lowest BCUT2D eigenvalue weighted by atomic mass is 9.86. The van der Waals surface area contributed by atoms with Crippen molar-refractivity contribution >= 4 is 12.0 Å². The molecule has 26 heavy (non-hydrogen) atoms. The van der Waals surface area contributed by atoms with Crippen molar-refractivity contribution in [2.45, 2.75) is 39.4 Å². The van der Waals surface area contributed by atoms with Crippen molar-refractivity contribution in [2.24, 2.45) is 5.92 Å². The molecule has 0 amide bonds. The average Bonchev–Trinajstić information content (AvgIpc) is 2.62. The minimum Gasteiger partial charge on any atom is -0.461 e. The Kier molecular flexibility index (Phi) is 6.70. The van der Waals surface area contributed by atoms with Gasteiger partial charge in [-0.1, -0.05) is 68.5 Å². The number of carbonyl (C=O) groups excluding carboxylic acids is 1. The van der Waals surface area contributed by atoms with Crippen LogP contribution in [0.2, 0.25) is 0 Å². The lowest BCUT2D eigenvalue weighted by Crippen LogP contribution is -2.35. The predicted molar refractivity (Wildman–Crippen MR) is 101 cm³/mol. The molecule has 0 spiro atoms. The lowest BCUT2D eigenvalue weighted by molar-refractivity contribution is -0.150. The molecule has 0 fully saturated rings. The van der Waals surface area contributed by atoms with E-state index in [2.05, 4.69) is 0 Å². The van der Waals surface area contributed by atoms with Crippen molar-refractivity contribution in [1.82, 2.24) is 0 Å². The molecule has 1 atom stereocenters. The summed E-state index contributed by atoms with van der Waals surface area (Å²) in [5, 5.41) is 10.9. The van der Waals surface area contributed by atoms with E-state index in [9.17, 15) is 14.3 Å². The van der Waals surface area contributed by atoms with Crippen molar-refractivity contribution in [2.75, 3.05) is 0 Å². The second-order valence-electron chi connectivity index (χ2n) is 6.76. The second-order valence-corrected chi connectivity index (χ2v) is 6.76. The van der Waals surface area contributed by atoms with E-state index < -0.39 is 11.6 Å². The standard InChI is InChI=1S/C22H25FO3/c1-16(2)22(25,13-12-19-10-7-11-20(23)17(19)3)14-21(24)26-15-18-8-5-4-6-9-18/h4-13,16,25H,14-15H2,1-3H3/b13-12+. The summed E-state index contributed by atoms with van der Waals surface area (Å²) in [5.41, 5.74) is 0.690. The molecule has 0 radical (unpaired) electrons. The molecule has 4 heteroatoms. The van der Waals surface area contributed by atoms with E-state index in [1.54, 1.807) is 31.2 Å². The van der Waals surface area contributed by atoms with Gasteiger partial charge in [0, 0.05) is 0 Å². The van der Waals surface area contributed by atoms with Gasteiger partial charge in [0.25, 0.3) is 0 Å². The van der Waals surface area contributed by atoms with Crippen LogP contribution in [0.1, 0.15) is 37.0 Å². The number of hydrogen-bond donors (Lipinski definition) is 1. The highest BCUT2D eigenvalue weighted by atomic mass is 19.1. The third-order valence-corrected chi connectivity index (χ3v) is 4.53. The van der Waals surface area contributed by atoms with Crippen LogP contribution in [-0.4, -0.2) is 16.7 Å². The van der Waals surface area contributed by atoms with Gasteiger partial charge in [0.05, 0.1) is 12.0 Å². The summed E-state index contributed by atoms with van der Waals surface area (Å²) < 4.78 is 18.9. The van der Waals surface area contributed by atoms with Gasteiger partial charge in [-0.15, -0.1) is 0 Å². The first kappa shape index (κ1) is 19.9. The molecular formula is C22H25FO3. The van der Waals surface area contributed by atoms with E-state index in [0.717, 1.165) is 5.56 Å². The third-order valence-electron chi connectivity index (χ3n) is 4.53. The Morgan fingerprint density at radius 3 is 2.54 bits per heavy atom. The SMILES string of the molecule is Cc1c(F)cccc1/C=C/C(O)(CC(=O)OCc1ccccc1)C(C)C. The smallest absolute Gasteiger partial charge is 0.309 e. The van der Waals surface area contributed by atoms with Crippen molar-refractivity contribution in [3.05, 3.63) is 77.1 Å². The normalized spacial score (nSPS) is 13.8. The quantitative estimate of drug-likeness (QED) is 0.734. The molecule has 1 N–H and O–H groups in total. The monoisotopic (exact) mass is 356 g/mol. The molecule has 1 unspecified atom stereocenters. The zero-order valence-corrected chi connectivity index (χ0v) is 15.4. The topological polar surface area (TPSA) is 46.5 Å². The maximum absolute atomic E-state index is 13.7.